The maximum absolute atomic E-state index is 10.5. The van der Waals surface area contributed by atoms with E-state index in [2.05, 4.69) is 25.3 Å². The van der Waals surface area contributed by atoms with Crippen LogP contribution in [0.1, 0.15) is 32.6 Å². The summed E-state index contributed by atoms with van der Waals surface area (Å²) in [4.78, 5) is 0. The molecular formula is C20H42O5S4. The van der Waals surface area contributed by atoms with Crippen molar-refractivity contribution in [2.45, 2.75) is 38.2 Å². The molecule has 0 unspecified atom stereocenters. The zero-order valence-corrected chi connectivity index (χ0v) is 21.4. The number of thiol groups is 2. The Morgan fingerprint density at radius 3 is 1.38 bits per heavy atom. The van der Waals surface area contributed by atoms with Gasteiger partial charge in [0.2, 0.25) is 0 Å². The molecule has 0 amide bonds. The molecule has 0 aromatic heterocycles. The predicted molar refractivity (Wildman–Crippen MR) is 135 cm³/mol. The number of aliphatic hydroxyl groups is 1. The van der Waals surface area contributed by atoms with Crippen LogP contribution >= 0.6 is 48.8 Å². The first-order valence-corrected chi connectivity index (χ1v) is 14.1. The number of ether oxygens (including phenoxy) is 4. The lowest BCUT2D eigenvalue weighted by Crippen LogP contribution is -2.24. The largest absolute Gasteiger partial charge is 0.390 e. The highest BCUT2D eigenvalue weighted by Crippen LogP contribution is 2.21. The molecule has 0 saturated carbocycles. The number of thioether (sulfide) groups is 2. The van der Waals surface area contributed by atoms with Crippen LogP contribution in [0, 0.1) is 0 Å². The Bertz CT molecular complexity index is 297. The predicted octanol–water partition coefficient (Wildman–Crippen LogP) is 3.69. The summed E-state index contributed by atoms with van der Waals surface area (Å²) in [5, 5.41) is 10.5. The molecule has 29 heavy (non-hydrogen) atoms. The van der Waals surface area contributed by atoms with Crippen molar-refractivity contribution in [2.24, 2.45) is 0 Å². The van der Waals surface area contributed by atoms with Crippen LogP contribution in [0.2, 0.25) is 0 Å². The smallest absolute Gasteiger partial charge is 0.0700 e. The summed E-state index contributed by atoms with van der Waals surface area (Å²) in [7, 11) is 0. The van der Waals surface area contributed by atoms with Gasteiger partial charge in [0.1, 0.15) is 0 Å². The van der Waals surface area contributed by atoms with E-state index in [9.17, 15) is 5.11 Å². The Kier molecular flexibility index (Phi) is 24.8. The zero-order valence-electron chi connectivity index (χ0n) is 18.0. The van der Waals surface area contributed by atoms with Gasteiger partial charge in [-0.3, -0.25) is 0 Å². The highest BCUT2D eigenvalue weighted by atomic mass is 32.2. The Hall–Kier alpha value is 1.20. The third kappa shape index (κ3) is 25.3. The quantitative estimate of drug-likeness (QED) is 0.141. The SMILES string of the molecule is CC(O)(CCCSCCOCCOCCS)CCCSCCOCCOCCS. The second-order valence-corrected chi connectivity index (χ2v) is 10.2. The van der Waals surface area contributed by atoms with Crippen molar-refractivity contribution < 1.29 is 24.1 Å². The van der Waals surface area contributed by atoms with E-state index in [0.29, 0.717) is 39.6 Å². The van der Waals surface area contributed by atoms with E-state index in [1.54, 1.807) is 0 Å². The molecule has 0 aliphatic rings. The first kappa shape index (κ1) is 30.2. The maximum atomic E-state index is 10.5. The summed E-state index contributed by atoms with van der Waals surface area (Å²) < 4.78 is 21.6. The number of hydrogen-bond acceptors (Lipinski definition) is 9. The first-order chi connectivity index (χ1) is 14.1. The molecule has 0 aliphatic heterocycles. The molecule has 176 valence electrons. The topological polar surface area (TPSA) is 57.2 Å². The van der Waals surface area contributed by atoms with Crippen molar-refractivity contribution in [2.75, 3.05) is 87.4 Å². The van der Waals surface area contributed by atoms with E-state index in [1.165, 1.54) is 0 Å². The van der Waals surface area contributed by atoms with Gasteiger partial charge in [-0.05, 0) is 44.1 Å². The van der Waals surface area contributed by atoms with Crippen LogP contribution in [0.5, 0.6) is 0 Å². The molecule has 0 heterocycles. The second kappa shape index (κ2) is 23.9. The lowest BCUT2D eigenvalue weighted by atomic mass is 9.95. The highest BCUT2D eigenvalue weighted by molar-refractivity contribution is 7.99. The van der Waals surface area contributed by atoms with Crippen molar-refractivity contribution >= 4 is 48.8 Å². The summed E-state index contributed by atoms with van der Waals surface area (Å²) in [5.41, 5.74) is -0.553. The van der Waals surface area contributed by atoms with Crippen molar-refractivity contribution in [3.8, 4) is 0 Å². The summed E-state index contributed by atoms with van der Waals surface area (Å²) >= 11 is 11.9. The van der Waals surface area contributed by atoms with Gasteiger partial charge in [-0.1, -0.05) is 0 Å². The Labute approximate surface area is 197 Å². The third-order valence-electron chi connectivity index (χ3n) is 3.97. The Morgan fingerprint density at radius 2 is 1.00 bits per heavy atom. The van der Waals surface area contributed by atoms with E-state index >= 15 is 0 Å². The third-order valence-corrected chi connectivity index (χ3v) is 6.40. The molecule has 0 rings (SSSR count). The van der Waals surface area contributed by atoms with Crippen LogP contribution in [0.4, 0.5) is 0 Å². The normalized spacial score (nSPS) is 12.0. The maximum Gasteiger partial charge on any atom is 0.0700 e. The minimum atomic E-state index is -0.553. The van der Waals surface area contributed by atoms with Crippen LogP contribution < -0.4 is 0 Å². The fraction of sp³-hybridized carbons (Fsp3) is 1.00. The summed E-state index contributed by atoms with van der Waals surface area (Å²) in [6.45, 7) is 7.43. The van der Waals surface area contributed by atoms with E-state index in [1.807, 2.05) is 30.4 Å². The number of rotatable bonds is 24. The van der Waals surface area contributed by atoms with Gasteiger partial charge in [0.25, 0.3) is 0 Å². The van der Waals surface area contributed by atoms with Gasteiger partial charge in [-0.2, -0.15) is 48.8 Å². The first-order valence-electron chi connectivity index (χ1n) is 10.5. The standard InChI is InChI=1S/C20H42O5S4/c1-20(21,4-2-16-28-18-12-24-8-6-22-10-14-26)5-3-17-29-19-13-25-9-7-23-11-15-27/h21,26-27H,2-19H2,1H3. The molecule has 0 aromatic rings. The van der Waals surface area contributed by atoms with E-state index in [-0.39, 0.29) is 0 Å². The average Bonchev–Trinajstić information content (AvgIpc) is 2.70. The molecule has 0 aromatic carbocycles. The molecule has 0 fully saturated rings. The molecule has 0 aliphatic carbocycles. The van der Waals surface area contributed by atoms with Gasteiger partial charge in [0.15, 0.2) is 0 Å². The molecular weight excluding hydrogens is 448 g/mol. The van der Waals surface area contributed by atoms with Gasteiger partial charge in [0.05, 0.1) is 58.5 Å². The fourth-order valence-electron chi connectivity index (χ4n) is 2.45. The van der Waals surface area contributed by atoms with E-state index in [0.717, 1.165) is 73.4 Å². The molecule has 0 saturated heterocycles. The van der Waals surface area contributed by atoms with Crippen molar-refractivity contribution in [1.82, 2.24) is 0 Å². The number of hydrogen-bond donors (Lipinski definition) is 3. The molecule has 0 atom stereocenters. The Balaban J connectivity index is 3.30. The van der Waals surface area contributed by atoms with E-state index in [4.69, 9.17) is 18.9 Å². The van der Waals surface area contributed by atoms with Crippen LogP contribution in [-0.4, -0.2) is 98.1 Å². The summed E-state index contributed by atoms with van der Waals surface area (Å²) in [5.74, 6) is 5.63. The van der Waals surface area contributed by atoms with Gasteiger partial charge in [-0.15, -0.1) is 0 Å². The minimum absolute atomic E-state index is 0.553. The average molecular weight is 491 g/mol. The molecule has 0 spiro atoms. The van der Waals surface area contributed by atoms with Crippen LogP contribution in [0.15, 0.2) is 0 Å². The molecule has 0 radical (unpaired) electrons. The Morgan fingerprint density at radius 1 is 0.621 bits per heavy atom. The van der Waals surface area contributed by atoms with Gasteiger partial charge < -0.3 is 24.1 Å². The molecule has 5 nitrogen and oxygen atoms in total. The zero-order chi connectivity index (χ0) is 21.5. The highest BCUT2D eigenvalue weighted by Gasteiger charge is 2.18. The minimum Gasteiger partial charge on any atom is -0.390 e. The second-order valence-electron chi connectivity index (χ2n) is 6.83. The monoisotopic (exact) mass is 490 g/mol. The molecule has 1 N–H and O–H groups in total. The van der Waals surface area contributed by atoms with Crippen molar-refractivity contribution in [3.63, 3.8) is 0 Å². The lowest BCUT2D eigenvalue weighted by Gasteiger charge is -2.23. The van der Waals surface area contributed by atoms with Gasteiger partial charge in [-0.25, -0.2) is 0 Å². The lowest BCUT2D eigenvalue weighted by molar-refractivity contribution is 0.0411. The van der Waals surface area contributed by atoms with Crippen LogP contribution in [0.3, 0.4) is 0 Å². The summed E-state index contributed by atoms with van der Waals surface area (Å²) in [6, 6.07) is 0. The molecule has 9 heteroatoms. The van der Waals surface area contributed by atoms with Crippen LogP contribution in [-0.2, 0) is 18.9 Å². The van der Waals surface area contributed by atoms with Gasteiger partial charge in [0, 0.05) is 23.0 Å². The molecule has 0 bridgehead atoms. The van der Waals surface area contributed by atoms with E-state index < -0.39 is 5.60 Å². The van der Waals surface area contributed by atoms with Gasteiger partial charge >= 0.3 is 0 Å². The fourth-order valence-corrected chi connectivity index (χ4v) is 4.28. The van der Waals surface area contributed by atoms with Crippen molar-refractivity contribution in [1.29, 1.82) is 0 Å². The van der Waals surface area contributed by atoms with Crippen molar-refractivity contribution in [3.05, 3.63) is 0 Å². The summed E-state index contributed by atoms with van der Waals surface area (Å²) in [6.07, 6.45) is 3.80. The van der Waals surface area contributed by atoms with Crippen LogP contribution in [0.25, 0.3) is 0 Å².